The predicted molar refractivity (Wildman–Crippen MR) is 135 cm³/mol. The molecule has 3 aromatic rings. The lowest BCUT2D eigenvalue weighted by Gasteiger charge is -2.36. The van der Waals surface area contributed by atoms with Gasteiger partial charge in [-0.3, -0.25) is 9.69 Å². The fourth-order valence-electron chi connectivity index (χ4n) is 4.85. The van der Waals surface area contributed by atoms with Gasteiger partial charge in [0.05, 0.1) is 27.5 Å². The maximum atomic E-state index is 13.0. The number of hydrogen-bond acceptors (Lipinski definition) is 6. The molecule has 1 aromatic heterocycles. The molecule has 1 amide bonds. The van der Waals surface area contributed by atoms with Crippen LogP contribution in [0.4, 0.5) is 0 Å². The summed E-state index contributed by atoms with van der Waals surface area (Å²) in [5.74, 6) is 0.451. The molecule has 7 nitrogen and oxygen atoms in total. The van der Waals surface area contributed by atoms with E-state index in [2.05, 4.69) is 17.0 Å². The second kappa shape index (κ2) is 10.1. The number of thiazole rings is 1. The highest BCUT2D eigenvalue weighted by molar-refractivity contribution is 7.88. The van der Waals surface area contributed by atoms with Crippen molar-refractivity contribution in [3.05, 3.63) is 65.2 Å². The first-order valence-electron chi connectivity index (χ1n) is 11.9. The van der Waals surface area contributed by atoms with Gasteiger partial charge in [-0.05, 0) is 37.1 Å². The van der Waals surface area contributed by atoms with Crippen LogP contribution in [0.1, 0.15) is 29.3 Å². The normalized spacial score (nSPS) is 20.6. The fraction of sp³-hybridized carbons (Fsp3) is 0.440. The first-order chi connectivity index (χ1) is 16.5. The molecule has 2 fully saturated rings. The van der Waals surface area contributed by atoms with Gasteiger partial charge in [-0.2, -0.15) is 4.31 Å². The van der Waals surface area contributed by atoms with Crippen LogP contribution in [0.15, 0.2) is 54.6 Å². The van der Waals surface area contributed by atoms with Crippen LogP contribution in [0.25, 0.3) is 10.2 Å². The van der Waals surface area contributed by atoms with Gasteiger partial charge in [-0.25, -0.2) is 13.4 Å². The Balaban J connectivity index is 1.14. The number of sulfonamides is 1. The number of piperazine rings is 1. The zero-order valence-corrected chi connectivity index (χ0v) is 20.8. The zero-order valence-electron chi connectivity index (χ0n) is 19.2. The number of aromatic nitrogens is 1. The predicted octanol–water partition coefficient (Wildman–Crippen LogP) is 3.15. The third-order valence-corrected chi connectivity index (χ3v) is 9.75. The molecule has 9 heteroatoms. The number of likely N-dealkylation sites (tertiary alicyclic amines) is 1. The Bertz CT molecular complexity index is 1200. The maximum Gasteiger partial charge on any atom is 0.236 e. The van der Waals surface area contributed by atoms with Gasteiger partial charge in [-0.15, -0.1) is 11.3 Å². The van der Waals surface area contributed by atoms with Crippen molar-refractivity contribution in [3.63, 3.8) is 0 Å². The topological polar surface area (TPSA) is 73.8 Å². The Morgan fingerprint density at radius 2 is 1.71 bits per heavy atom. The summed E-state index contributed by atoms with van der Waals surface area (Å²) < 4.78 is 28.3. The molecule has 1 atom stereocenters. The van der Waals surface area contributed by atoms with Crippen molar-refractivity contribution in [2.24, 2.45) is 0 Å². The number of nitrogens with zero attached hydrogens (tertiary/aromatic N) is 4. The van der Waals surface area contributed by atoms with Crippen molar-refractivity contribution in [1.82, 2.24) is 19.1 Å². The lowest BCUT2D eigenvalue weighted by molar-refractivity contribution is -0.133. The summed E-state index contributed by atoms with van der Waals surface area (Å²) >= 11 is 1.76. The van der Waals surface area contributed by atoms with Crippen LogP contribution in [0.5, 0.6) is 0 Å². The summed E-state index contributed by atoms with van der Waals surface area (Å²) in [6.07, 6.45) is 2.15. The fourth-order valence-corrected chi connectivity index (χ4v) is 7.46. The largest absolute Gasteiger partial charge is 0.339 e. The third-order valence-electron chi connectivity index (χ3n) is 6.70. The van der Waals surface area contributed by atoms with Crippen LogP contribution in [0.2, 0.25) is 0 Å². The highest BCUT2D eigenvalue weighted by Crippen LogP contribution is 2.33. The van der Waals surface area contributed by atoms with Crippen LogP contribution in [0.3, 0.4) is 0 Å². The highest BCUT2D eigenvalue weighted by atomic mass is 32.2. The first kappa shape index (κ1) is 23.4. The van der Waals surface area contributed by atoms with Gasteiger partial charge in [0.15, 0.2) is 0 Å². The van der Waals surface area contributed by atoms with Crippen molar-refractivity contribution in [3.8, 4) is 0 Å². The Labute approximate surface area is 205 Å². The summed E-state index contributed by atoms with van der Waals surface area (Å²) in [7, 11) is -3.38. The Morgan fingerprint density at radius 1 is 0.971 bits per heavy atom. The number of rotatable bonds is 6. The Hall–Kier alpha value is -2.33. The van der Waals surface area contributed by atoms with E-state index in [9.17, 15) is 13.2 Å². The van der Waals surface area contributed by atoms with Crippen LogP contribution < -0.4 is 0 Å². The van der Waals surface area contributed by atoms with E-state index in [0.717, 1.165) is 42.0 Å². The van der Waals surface area contributed by atoms with Gasteiger partial charge in [0.1, 0.15) is 0 Å². The quantitative estimate of drug-likeness (QED) is 0.522. The van der Waals surface area contributed by atoms with Gasteiger partial charge in [0.25, 0.3) is 0 Å². The van der Waals surface area contributed by atoms with Crippen LogP contribution >= 0.6 is 11.3 Å². The molecule has 2 aliphatic rings. The Kier molecular flexibility index (Phi) is 6.96. The lowest BCUT2D eigenvalue weighted by atomic mass is 9.98. The van der Waals surface area contributed by atoms with Crippen molar-refractivity contribution < 1.29 is 13.2 Å². The summed E-state index contributed by atoms with van der Waals surface area (Å²) in [5.41, 5.74) is 1.84. The summed E-state index contributed by atoms with van der Waals surface area (Å²) in [6.45, 7) is 3.75. The van der Waals surface area contributed by atoms with E-state index in [1.165, 1.54) is 9.01 Å². The summed E-state index contributed by atoms with van der Waals surface area (Å²) in [6, 6.07) is 17.5. The van der Waals surface area contributed by atoms with Gasteiger partial charge in [0, 0.05) is 38.6 Å². The van der Waals surface area contributed by atoms with Crippen LogP contribution in [0, 0.1) is 0 Å². The van der Waals surface area contributed by atoms with E-state index in [4.69, 9.17) is 4.98 Å². The number of carbonyl (C=O) groups excluding carboxylic acids is 1. The molecule has 34 heavy (non-hydrogen) atoms. The molecule has 0 N–H and O–H groups in total. The van der Waals surface area contributed by atoms with Gasteiger partial charge in [0.2, 0.25) is 15.9 Å². The van der Waals surface area contributed by atoms with Crippen LogP contribution in [-0.2, 0) is 20.6 Å². The number of piperidine rings is 1. The maximum absolute atomic E-state index is 13.0. The second-order valence-corrected chi connectivity index (χ2v) is 12.1. The van der Waals surface area contributed by atoms with Crippen LogP contribution in [-0.4, -0.2) is 79.2 Å². The summed E-state index contributed by atoms with van der Waals surface area (Å²) in [4.78, 5) is 21.9. The summed E-state index contributed by atoms with van der Waals surface area (Å²) in [5, 5.41) is 1.16. The Morgan fingerprint density at radius 3 is 2.47 bits per heavy atom. The van der Waals surface area contributed by atoms with Gasteiger partial charge < -0.3 is 4.90 Å². The highest BCUT2D eigenvalue weighted by Gasteiger charge is 2.31. The molecule has 0 saturated carbocycles. The number of para-hydroxylation sites is 1. The molecule has 2 aliphatic heterocycles. The van der Waals surface area contributed by atoms with Crippen molar-refractivity contribution >= 4 is 37.5 Å². The average molecular weight is 499 g/mol. The molecule has 0 aliphatic carbocycles. The second-order valence-electron chi connectivity index (χ2n) is 9.12. The smallest absolute Gasteiger partial charge is 0.236 e. The molecular weight excluding hydrogens is 468 g/mol. The lowest BCUT2D eigenvalue weighted by Crippen LogP contribution is -2.53. The minimum absolute atomic E-state index is 0.00270. The van der Waals surface area contributed by atoms with Gasteiger partial charge in [-0.1, -0.05) is 42.5 Å². The first-order valence-corrected chi connectivity index (χ1v) is 14.3. The minimum Gasteiger partial charge on any atom is -0.339 e. The van der Waals surface area contributed by atoms with Crippen molar-refractivity contribution in [2.75, 3.05) is 45.8 Å². The molecular formula is C25H30N4O3S2. The molecule has 0 spiro atoms. The molecule has 180 valence electrons. The molecule has 3 heterocycles. The van der Waals surface area contributed by atoms with E-state index in [-0.39, 0.29) is 11.7 Å². The van der Waals surface area contributed by atoms with E-state index in [0.29, 0.717) is 38.6 Å². The molecule has 5 rings (SSSR count). The number of carbonyl (C=O) groups is 1. The van der Waals surface area contributed by atoms with E-state index >= 15 is 0 Å². The minimum atomic E-state index is -3.38. The number of hydrogen-bond donors (Lipinski definition) is 0. The molecule has 0 unspecified atom stereocenters. The molecule has 2 saturated heterocycles. The molecule has 0 bridgehead atoms. The van der Waals surface area contributed by atoms with Gasteiger partial charge >= 0.3 is 0 Å². The molecule has 0 radical (unpaired) electrons. The number of benzene rings is 2. The van der Waals surface area contributed by atoms with Crippen molar-refractivity contribution in [2.45, 2.75) is 24.5 Å². The SMILES string of the molecule is O=C(CN1CCC[C@H](c2nc3ccccc3s2)C1)N1CCN(S(=O)(=O)Cc2ccccc2)CC1. The third kappa shape index (κ3) is 5.33. The zero-order chi connectivity index (χ0) is 23.5. The number of amides is 1. The van der Waals surface area contributed by atoms with E-state index < -0.39 is 10.0 Å². The van der Waals surface area contributed by atoms with E-state index in [1.54, 1.807) is 11.3 Å². The number of fused-ring (bicyclic) bond motifs is 1. The van der Waals surface area contributed by atoms with E-state index in [1.807, 2.05) is 47.4 Å². The monoisotopic (exact) mass is 498 g/mol. The average Bonchev–Trinajstić information content (AvgIpc) is 3.29. The standard InChI is InChI=1S/C25H30N4O3S2/c30-24(28-13-15-29(16-14-28)34(31,32)19-20-7-2-1-3-8-20)18-27-12-6-9-21(17-27)25-26-22-10-4-5-11-23(22)33-25/h1-5,7-8,10-11,21H,6,9,12-19H2/t21-/m0/s1. The van der Waals surface area contributed by atoms with Crippen molar-refractivity contribution in [1.29, 1.82) is 0 Å². The molecule has 2 aromatic carbocycles.